The van der Waals surface area contributed by atoms with Gasteiger partial charge in [-0.05, 0) is 29.2 Å². The maximum atomic E-state index is 12.2. The molecule has 2 amide bonds. The Hall–Kier alpha value is -1.84. The van der Waals surface area contributed by atoms with Gasteiger partial charge in [0.1, 0.15) is 0 Å². The zero-order chi connectivity index (χ0) is 14.2. The monoisotopic (exact) mass is 260 g/mol. The van der Waals surface area contributed by atoms with E-state index in [4.69, 9.17) is 0 Å². The first-order chi connectivity index (χ1) is 8.76. The van der Waals surface area contributed by atoms with Crippen molar-refractivity contribution in [1.82, 2.24) is 4.90 Å². The van der Waals surface area contributed by atoms with Crippen LogP contribution in [0.1, 0.15) is 43.1 Å². The lowest BCUT2D eigenvalue weighted by Crippen LogP contribution is -2.35. The lowest BCUT2D eigenvalue weighted by Gasteiger charge is -2.26. The molecule has 1 N–H and O–H groups in total. The largest absolute Gasteiger partial charge is 0.323 e. The van der Waals surface area contributed by atoms with E-state index in [2.05, 4.69) is 26.1 Å². The summed E-state index contributed by atoms with van der Waals surface area (Å²) in [6.45, 7) is 6.70. The third kappa shape index (κ3) is 3.13. The molecule has 1 aliphatic rings. The van der Waals surface area contributed by atoms with E-state index in [-0.39, 0.29) is 17.2 Å². The summed E-state index contributed by atoms with van der Waals surface area (Å²) in [6.07, 6.45) is 0.522. The fourth-order valence-corrected chi connectivity index (χ4v) is 2.14. The molecule has 102 valence electrons. The normalized spacial score (nSPS) is 14.9. The summed E-state index contributed by atoms with van der Waals surface area (Å²) in [5.41, 5.74) is 2.49. The van der Waals surface area contributed by atoms with Gasteiger partial charge in [0.05, 0.1) is 0 Å². The van der Waals surface area contributed by atoms with Crippen LogP contribution in [0.25, 0.3) is 0 Å². The Labute approximate surface area is 113 Å². The van der Waals surface area contributed by atoms with E-state index in [1.807, 2.05) is 12.1 Å². The molecule has 4 nitrogen and oxygen atoms in total. The van der Waals surface area contributed by atoms with Crippen LogP contribution in [-0.4, -0.2) is 23.8 Å². The highest BCUT2D eigenvalue weighted by molar-refractivity contribution is 5.98. The molecule has 1 aliphatic heterocycles. The summed E-state index contributed by atoms with van der Waals surface area (Å²) in [5, 5.41) is 2.80. The lowest BCUT2D eigenvalue weighted by molar-refractivity contribution is 0.0940. The van der Waals surface area contributed by atoms with Crippen molar-refractivity contribution in [2.24, 2.45) is 5.41 Å². The Balaban J connectivity index is 2.24. The number of rotatable bonds is 2. The molecule has 1 aromatic carbocycles. The molecule has 0 atom stereocenters. The first kappa shape index (κ1) is 13.6. The second kappa shape index (κ2) is 4.68. The smallest absolute Gasteiger partial charge is 0.321 e. The Morgan fingerprint density at radius 1 is 1.37 bits per heavy atom. The van der Waals surface area contributed by atoms with Crippen LogP contribution in [0, 0.1) is 5.41 Å². The Bertz CT molecular complexity index is 529. The van der Waals surface area contributed by atoms with Gasteiger partial charge in [-0.3, -0.25) is 4.79 Å². The number of amides is 2. The van der Waals surface area contributed by atoms with E-state index < -0.39 is 0 Å². The van der Waals surface area contributed by atoms with E-state index in [0.717, 1.165) is 16.8 Å². The van der Waals surface area contributed by atoms with Gasteiger partial charge in [0.2, 0.25) is 0 Å². The van der Waals surface area contributed by atoms with Crippen LogP contribution in [0.4, 0.5) is 10.5 Å². The maximum absolute atomic E-state index is 12.2. The van der Waals surface area contributed by atoms with Crippen LogP contribution in [0.15, 0.2) is 18.2 Å². The molecular formula is C15H20N2O2. The number of benzene rings is 1. The number of urea groups is 1. The van der Waals surface area contributed by atoms with Gasteiger partial charge in [0.15, 0.2) is 5.78 Å². The zero-order valence-corrected chi connectivity index (χ0v) is 11.9. The van der Waals surface area contributed by atoms with E-state index in [9.17, 15) is 9.59 Å². The molecule has 0 radical (unpaired) electrons. The van der Waals surface area contributed by atoms with Gasteiger partial charge >= 0.3 is 6.03 Å². The minimum Gasteiger partial charge on any atom is -0.323 e. The summed E-state index contributed by atoms with van der Waals surface area (Å²) in [7, 11) is 1.74. The molecule has 0 saturated heterocycles. The molecule has 19 heavy (non-hydrogen) atoms. The minimum atomic E-state index is -0.110. The molecule has 0 aliphatic carbocycles. The average Bonchev–Trinajstić information content (AvgIpc) is 2.27. The fourth-order valence-electron chi connectivity index (χ4n) is 2.14. The average molecular weight is 260 g/mol. The van der Waals surface area contributed by atoms with Gasteiger partial charge in [-0.2, -0.15) is 0 Å². The molecule has 0 saturated carbocycles. The van der Waals surface area contributed by atoms with Gasteiger partial charge in [0.25, 0.3) is 0 Å². The maximum Gasteiger partial charge on any atom is 0.321 e. The Kier molecular flexibility index (Phi) is 3.35. The summed E-state index contributed by atoms with van der Waals surface area (Å²) in [4.78, 5) is 25.3. The van der Waals surface area contributed by atoms with Crippen molar-refractivity contribution in [3.05, 3.63) is 29.3 Å². The highest BCUT2D eigenvalue weighted by atomic mass is 16.2. The summed E-state index contributed by atoms with van der Waals surface area (Å²) in [6, 6.07) is 5.38. The van der Waals surface area contributed by atoms with Crippen LogP contribution in [0.2, 0.25) is 0 Å². The van der Waals surface area contributed by atoms with Crippen molar-refractivity contribution < 1.29 is 9.59 Å². The molecular weight excluding hydrogens is 240 g/mol. The van der Waals surface area contributed by atoms with Gasteiger partial charge < -0.3 is 10.2 Å². The molecule has 0 fully saturated rings. The topological polar surface area (TPSA) is 49.4 Å². The molecule has 4 heteroatoms. The van der Waals surface area contributed by atoms with Crippen molar-refractivity contribution in [3.63, 3.8) is 0 Å². The molecule has 0 unspecified atom stereocenters. The predicted octanol–water partition coefficient (Wildman–Crippen LogP) is 3.28. The number of fused-ring (bicyclic) bond motifs is 1. The standard InChI is InChI=1S/C15H20N2O2/c1-15(2,3)8-13(18)10-5-6-12-11(7-10)9-17(4)14(19)16-12/h5-7H,8-9H2,1-4H3,(H,16,19). The van der Waals surface area contributed by atoms with Crippen molar-refractivity contribution in [3.8, 4) is 0 Å². The number of carbonyl (C=O) groups is 2. The van der Waals surface area contributed by atoms with E-state index >= 15 is 0 Å². The molecule has 0 aromatic heterocycles. The number of ketones is 1. The number of carbonyl (C=O) groups excluding carboxylic acids is 2. The van der Waals surface area contributed by atoms with Crippen molar-refractivity contribution in [2.75, 3.05) is 12.4 Å². The molecule has 1 aromatic rings. The van der Waals surface area contributed by atoms with Gasteiger partial charge in [-0.25, -0.2) is 4.79 Å². The Morgan fingerprint density at radius 2 is 2.05 bits per heavy atom. The van der Waals surface area contributed by atoms with E-state index in [1.54, 1.807) is 18.0 Å². The van der Waals surface area contributed by atoms with Crippen molar-refractivity contribution in [1.29, 1.82) is 0 Å². The second-order valence-corrected chi connectivity index (χ2v) is 6.32. The first-order valence-corrected chi connectivity index (χ1v) is 6.44. The number of nitrogens with zero attached hydrogens (tertiary/aromatic N) is 1. The third-order valence-electron chi connectivity index (χ3n) is 3.11. The molecule has 1 heterocycles. The number of Topliss-reactive ketones (excluding diaryl/α,β-unsaturated/α-hetero) is 1. The second-order valence-electron chi connectivity index (χ2n) is 6.32. The highest BCUT2D eigenvalue weighted by Crippen LogP contribution is 2.26. The molecule has 0 spiro atoms. The van der Waals surface area contributed by atoms with Crippen molar-refractivity contribution in [2.45, 2.75) is 33.7 Å². The lowest BCUT2D eigenvalue weighted by atomic mass is 9.87. The van der Waals surface area contributed by atoms with Crippen LogP contribution >= 0.6 is 0 Å². The first-order valence-electron chi connectivity index (χ1n) is 6.44. The van der Waals surface area contributed by atoms with Crippen LogP contribution in [0.5, 0.6) is 0 Å². The van der Waals surface area contributed by atoms with Crippen LogP contribution < -0.4 is 5.32 Å². The quantitative estimate of drug-likeness (QED) is 0.829. The SMILES string of the molecule is CN1Cc2cc(C(=O)CC(C)(C)C)ccc2NC1=O. The summed E-state index contributed by atoms with van der Waals surface area (Å²) >= 11 is 0. The number of anilines is 1. The predicted molar refractivity (Wildman–Crippen MR) is 75.3 cm³/mol. The zero-order valence-electron chi connectivity index (χ0n) is 11.9. The van der Waals surface area contributed by atoms with Gasteiger partial charge in [0, 0.05) is 31.3 Å². The van der Waals surface area contributed by atoms with Crippen LogP contribution in [-0.2, 0) is 6.54 Å². The summed E-state index contributed by atoms with van der Waals surface area (Å²) in [5.74, 6) is 0.148. The number of nitrogens with one attached hydrogen (secondary N) is 1. The number of hydrogen-bond donors (Lipinski definition) is 1. The molecule has 2 rings (SSSR count). The van der Waals surface area contributed by atoms with Crippen molar-refractivity contribution >= 4 is 17.5 Å². The van der Waals surface area contributed by atoms with E-state index in [0.29, 0.717) is 13.0 Å². The minimum absolute atomic E-state index is 0.0159. The molecule has 0 bridgehead atoms. The number of hydrogen-bond acceptors (Lipinski definition) is 2. The van der Waals surface area contributed by atoms with E-state index in [1.165, 1.54) is 0 Å². The Morgan fingerprint density at radius 3 is 2.68 bits per heavy atom. The third-order valence-corrected chi connectivity index (χ3v) is 3.11. The fraction of sp³-hybridized carbons (Fsp3) is 0.467. The highest BCUT2D eigenvalue weighted by Gasteiger charge is 2.22. The van der Waals surface area contributed by atoms with Gasteiger partial charge in [-0.1, -0.05) is 20.8 Å². The van der Waals surface area contributed by atoms with Gasteiger partial charge in [-0.15, -0.1) is 0 Å². The van der Waals surface area contributed by atoms with Crippen LogP contribution in [0.3, 0.4) is 0 Å². The summed E-state index contributed by atoms with van der Waals surface area (Å²) < 4.78 is 0.